The van der Waals surface area contributed by atoms with Crippen molar-refractivity contribution in [2.24, 2.45) is 0 Å². The van der Waals surface area contributed by atoms with Gasteiger partial charge < -0.3 is 4.42 Å². The van der Waals surface area contributed by atoms with E-state index in [9.17, 15) is 18.0 Å². The van der Waals surface area contributed by atoms with Gasteiger partial charge in [-0.25, -0.2) is 27.5 Å². The molecule has 1 fully saturated rings. The lowest BCUT2D eigenvalue weighted by molar-refractivity contribution is 0.217. The zero-order valence-corrected chi connectivity index (χ0v) is 22.5. The van der Waals surface area contributed by atoms with Gasteiger partial charge in [0, 0.05) is 42.0 Å². The van der Waals surface area contributed by atoms with Gasteiger partial charge in [0.2, 0.25) is 21.7 Å². The van der Waals surface area contributed by atoms with E-state index in [-0.39, 0.29) is 29.6 Å². The van der Waals surface area contributed by atoms with Crippen LogP contribution in [0.2, 0.25) is 0 Å². The predicted octanol–water partition coefficient (Wildman–Crippen LogP) is 3.65. The molecule has 204 valence electrons. The number of nitrogens with zero attached hydrogens (tertiary/aromatic N) is 6. The molecule has 1 saturated carbocycles. The van der Waals surface area contributed by atoms with Crippen LogP contribution in [0.3, 0.4) is 0 Å². The number of fused-ring (bicyclic) bond motifs is 2. The Bertz CT molecular complexity index is 1660. The van der Waals surface area contributed by atoms with Crippen LogP contribution in [0.4, 0.5) is 10.1 Å². The second kappa shape index (κ2) is 9.28. The van der Waals surface area contributed by atoms with E-state index in [1.54, 1.807) is 13.1 Å². The molecule has 2 aliphatic carbocycles. The summed E-state index contributed by atoms with van der Waals surface area (Å²) < 4.78 is 49.4. The quantitative estimate of drug-likeness (QED) is 0.310. The maximum atomic E-state index is 14.3. The highest BCUT2D eigenvalue weighted by Gasteiger charge is 2.35. The fraction of sp³-hybridized carbons (Fsp3) is 0.423. The van der Waals surface area contributed by atoms with Gasteiger partial charge in [0.25, 0.3) is 5.89 Å². The second-order valence-electron chi connectivity index (χ2n) is 10.8. The Morgan fingerprint density at radius 3 is 2.51 bits per heavy atom. The molecule has 0 radical (unpaired) electrons. The number of alkyl halides is 1. The van der Waals surface area contributed by atoms with Crippen LogP contribution in [0.25, 0.3) is 22.5 Å². The number of halogens is 1. The Hall–Kier alpha value is -3.55. The molecule has 6 rings (SSSR count). The first-order chi connectivity index (χ1) is 18.5. The lowest BCUT2D eigenvalue weighted by atomic mass is 10.0. The molecule has 39 heavy (non-hydrogen) atoms. The van der Waals surface area contributed by atoms with Crippen LogP contribution in [-0.4, -0.2) is 57.0 Å². The lowest BCUT2D eigenvalue weighted by Crippen LogP contribution is -2.36. The fourth-order valence-electron chi connectivity index (χ4n) is 4.91. The van der Waals surface area contributed by atoms with Gasteiger partial charge in [0.05, 0.1) is 23.3 Å². The standard InChI is InChI=1S/C26H28FN7O4S/c1-14-32-33-25(38-14)24-29-11-19(12-30-24)34(35)18-7-16-6-17-10-28-22(15-4-5-15)9-21(17)23(20(16)8-18)39(36,37)31-13-26(2,3)27/h6,9-12,15,18,31,35H,4-5,7-8,13H2,1-3H3/t18-/m1/s1. The van der Waals surface area contributed by atoms with Crippen LogP contribution in [0, 0.1) is 6.92 Å². The van der Waals surface area contributed by atoms with E-state index in [2.05, 4.69) is 29.9 Å². The zero-order chi connectivity index (χ0) is 27.5. The molecule has 13 heteroatoms. The Balaban J connectivity index is 1.35. The molecule has 3 aromatic heterocycles. The molecule has 2 N–H and O–H groups in total. The highest BCUT2D eigenvalue weighted by molar-refractivity contribution is 7.89. The van der Waals surface area contributed by atoms with Crippen molar-refractivity contribution >= 4 is 26.5 Å². The first-order valence-electron chi connectivity index (χ1n) is 12.7. The Morgan fingerprint density at radius 2 is 1.87 bits per heavy atom. The van der Waals surface area contributed by atoms with Gasteiger partial charge in [-0.1, -0.05) is 0 Å². The number of anilines is 1. The monoisotopic (exact) mass is 553 g/mol. The maximum Gasteiger partial charge on any atom is 0.285 e. The number of benzene rings is 1. The van der Waals surface area contributed by atoms with Crippen molar-refractivity contribution in [1.29, 1.82) is 0 Å². The van der Waals surface area contributed by atoms with Gasteiger partial charge in [0.15, 0.2) is 0 Å². The Labute approximate surface area is 224 Å². The van der Waals surface area contributed by atoms with Crippen LogP contribution < -0.4 is 9.79 Å². The summed E-state index contributed by atoms with van der Waals surface area (Å²) in [7, 11) is -4.08. The molecular formula is C26H28FN7O4S. The van der Waals surface area contributed by atoms with E-state index in [1.807, 2.05) is 12.1 Å². The fourth-order valence-corrected chi connectivity index (χ4v) is 6.60. The van der Waals surface area contributed by atoms with Crippen molar-refractivity contribution in [3.8, 4) is 11.7 Å². The van der Waals surface area contributed by atoms with E-state index >= 15 is 0 Å². The second-order valence-corrected chi connectivity index (χ2v) is 12.5. The van der Waals surface area contributed by atoms with E-state index in [1.165, 1.54) is 26.2 Å². The SMILES string of the molecule is Cc1nnc(-c2ncc(N(O)[C@@H]3Cc4cc5cnc(C6CC6)cc5c(S(=O)(=O)NCC(C)(C)F)c4C3)cn2)o1. The smallest absolute Gasteiger partial charge is 0.285 e. The summed E-state index contributed by atoms with van der Waals surface area (Å²) in [5.74, 6) is 1.10. The van der Waals surface area contributed by atoms with Gasteiger partial charge in [0.1, 0.15) is 11.4 Å². The van der Waals surface area contributed by atoms with Crippen LogP contribution >= 0.6 is 0 Å². The van der Waals surface area contributed by atoms with E-state index in [0.29, 0.717) is 40.3 Å². The van der Waals surface area contributed by atoms with E-state index in [0.717, 1.165) is 29.2 Å². The zero-order valence-electron chi connectivity index (χ0n) is 21.7. The molecule has 11 nitrogen and oxygen atoms in total. The predicted molar refractivity (Wildman–Crippen MR) is 140 cm³/mol. The van der Waals surface area contributed by atoms with Crippen molar-refractivity contribution < 1.29 is 22.4 Å². The average Bonchev–Trinajstić information content (AvgIpc) is 3.52. The number of sulfonamides is 1. The number of hydrogen-bond donors (Lipinski definition) is 2. The number of aryl methyl sites for hydroxylation is 1. The number of pyridine rings is 1. The van der Waals surface area contributed by atoms with Crippen LogP contribution in [0.15, 0.2) is 40.0 Å². The van der Waals surface area contributed by atoms with Crippen LogP contribution in [-0.2, 0) is 22.9 Å². The summed E-state index contributed by atoms with van der Waals surface area (Å²) in [6, 6.07) is 3.30. The molecule has 2 aliphatic rings. The van der Waals surface area contributed by atoms with Gasteiger partial charge in [-0.3, -0.25) is 15.3 Å². The minimum absolute atomic E-state index is 0.123. The van der Waals surface area contributed by atoms with Gasteiger partial charge in [-0.2, -0.15) is 0 Å². The van der Waals surface area contributed by atoms with Gasteiger partial charge >= 0.3 is 0 Å². The molecule has 0 saturated heterocycles. The number of nitrogens with one attached hydrogen (secondary N) is 1. The topological polar surface area (TPSA) is 147 Å². The molecule has 0 amide bonds. The summed E-state index contributed by atoms with van der Waals surface area (Å²) in [5, 5.41) is 21.1. The molecular weight excluding hydrogens is 525 g/mol. The molecule has 4 aromatic rings. The molecule has 0 bridgehead atoms. The van der Waals surface area contributed by atoms with Crippen molar-refractivity contribution in [2.45, 2.75) is 69.0 Å². The minimum atomic E-state index is -4.08. The molecule has 1 atom stereocenters. The molecule has 3 heterocycles. The van der Waals surface area contributed by atoms with Gasteiger partial charge in [-0.05, 0) is 62.8 Å². The molecule has 0 aliphatic heterocycles. The van der Waals surface area contributed by atoms with Crippen molar-refractivity contribution in [3.63, 3.8) is 0 Å². The lowest BCUT2D eigenvalue weighted by Gasteiger charge is -2.23. The average molecular weight is 554 g/mol. The number of rotatable bonds is 8. The maximum absolute atomic E-state index is 14.3. The first kappa shape index (κ1) is 25.7. The van der Waals surface area contributed by atoms with Crippen LogP contribution in [0.1, 0.15) is 55.3 Å². The van der Waals surface area contributed by atoms with E-state index < -0.39 is 21.7 Å². The largest absolute Gasteiger partial charge is 0.418 e. The Kier molecular flexibility index (Phi) is 6.12. The van der Waals surface area contributed by atoms with E-state index in [4.69, 9.17) is 4.42 Å². The summed E-state index contributed by atoms with van der Waals surface area (Å²) in [6.07, 6.45) is 7.27. The van der Waals surface area contributed by atoms with Crippen molar-refractivity contribution in [2.75, 3.05) is 11.6 Å². The number of hydroxylamine groups is 1. The summed E-state index contributed by atoms with van der Waals surface area (Å²) >= 11 is 0. The van der Waals surface area contributed by atoms with Gasteiger partial charge in [-0.15, -0.1) is 10.2 Å². The van der Waals surface area contributed by atoms with Crippen LogP contribution in [0.5, 0.6) is 0 Å². The summed E-state index contributed by atoms with van der Waals surface area (Å²) in [5.41, 5.74) is 0.847. The Morgan fingerprint density at radius 1 is 1.13 bits per heavy atom. The minimum Gasteiger partial charge on any atom is -0.418 e. The van der Waals surface area contributed by atoms with Crippen molar-refractivity contribution in [3.05, 3.63) is 53.4 Å². The number of aromatic nitrogens is 5. The molecule has 0 unspecified atom stereocenters. The summed E-state index contributed by atoms with van der Waals surface area (Å²) in [6.45, 7) is 3.95. The molecule has 1 aromatic carbocycles. The highest BCUT2D eigenvalue weighted by Crippen LogP contribution is 2.42. The third kappa shape index (κ3) is 5.09. The first-order valence-corrected chi connectivity index (χ1v) is 14.2. The number of hydrogen-bond acceptors (Lipinski definition) is 10. The molecule has 0 spiro atoms. The van der Waals surface area contributed by atoms with Crippen molar-refractivity contribution in [1.82, 2.24) is 29.9 Å². The third-order valence-corrected chi connectivity index (χ3v) is 8.53. The highest BCUT2D eigenvalue weighted by atomic mass is 32.2. The third-order valence-electron chi connectivity index (χ3n) is 7.00. The normalized spacial score (nSPS) is 17.5. The summed E-state index contributed by atoms with van der Waals surface area (Å²) in [4.78, 5) is 13.1.